The van der Waals surface area contributed by atoms with E-state index in [1.54, 1.807) is 0 Å². The lowest BCUT2D eigenvalue weighted by atomic mass is 10.0. The van der Waals surface area contributed by atoms with Gasteiger partial charge in [0.05, 0.1) is 0 Å². The lowest BCUT2D eigenvalue weighted by molar-refractivity contribution is -0.167. The molecule has 1 unspecified atom stereocenters. The smallest absolute Gasteiger partial charge is 0.306 e. The number of allylic oxidation sites excluding steroid dienone is 20. The van der Waals surface area contributed by atoms with Crippen LogP contribution >= 0.6 is 0 Å². The maximum Gasteiger partial charge on any atom is 0.306 e. The maximum atomic E-state index is 12.8. The Morgan fingerprint density at radius 1 is 0.276 bits per heavy atom. The molecule has 0 amide bonds. The van der Waals surface area contributed by atoms with E-state index in [9.17, 15) is 14.4 Å². The van der Waals surface area contributed by atoms with Gasteiger partial charge in [-0.3, -0.25) is 14.4 Å². The Labute approximate surface area is 469 Å². The van der Waals surface area contributed by atoms with Crippen molar-refractivity contribution >= 4 is 17.9 Å². The van der Waals surface area contributed by atoms with Crippen molar-refractivity contribution < 1.29 is 28.6 Å². The molecule has 0 spiro atoms. The van der Waals surface area contributed by atoms with E-state index in [4.69, 9.17) is 14.2 Å². The quantitative estimate of drug-likeness (QED) is 0.0261. The second-order valence-electron chi connectivity index (χ2n) is 20.6. The highest BCUT2D eigenvalue weighted by atomic mass is 16.6. The van der Waals surface area contributed by atoms with Crippen LogP contribution in [-0.4, -0.2) is 37.2 Å². The van der Waals surface area contributed by atoms with Crippen molar-refractivity contribution in [2.24, 2.45) is 0 Å². The lowest BCUT2D eigenvalue weighted by Gasteiger charge is -2.18. The normalized spacial score (nSPS) is 12.9. The molecule has 0 aliphatic heterocycles. The van der Waals surface area contributed by atoms with Crippen molar-refractivity contribution in [2.75, 3.05) is 13.2 Å². The average molecular weight is 1050 g/mol. The van der Waals surface area contributed by atoms with Crippen LogP contribution in [0, 0.1) is 0 Å². The summed E-state index contributed by atoms with van der Waals surface area (Å²) in [5.74, 6) is -0.920. The number of unbranched alkanes of at least 4 members (excludes halogenated alkanes) is 25. The van der Waals surface area contributed by atoms with Crippen LogP contribution in [0.3, 0.4) is 0 Å². The standard InChI is InChI=1S/C70H116O6/c1-4-7-10-13-16-18-20-22-24-26-28-30-32-34-35-37-38-40-42-44-46-48-50-52-54-57-60-63-69(72)75-66-67(65-74-68(71)62-59-56-15-12-9-6-3)76-70(73)64-61-58-55-53-51-49-47-45-43-41-39-36-33-31-29-27-25-23-21-19-17-14-11-8-5-2/h7,10,16,18,21-24,27-30,33-36,38,40,44,46,67H,4-6,8-9,11-15,17,19-20,25-26,31-32,37,39,41-43,45,47-66H2,1-3H3/b10-7-,18-16-,23-21-,24-22-,29-27-,30-28-,35-34-,36-33-,40-38-,46-44-. The van der Waals surface area contributed by atoms with Gasteiger partial charge >= 0.3 is 17.9 Å². The molecule has 6 nitrogen and oxygen atoms in total. The summed E-state index contributed by atoms with van der Waals surface area (Å²) >= 11 is 0. The molecule has 432 valence electrons. The van der Waals surface area contributed by atoms with E-state index in [0.717, 1.165) is 135 Å². The first kappa shape index (κ1) is 71.8. The third-order valence-corrected chi connectivity index (χ3v) is 13.2. The number of hydrogen-bond donors (Lipinski definition) is 0. The van der Waals surface area contributed by atoms with Crippen LogP contribution in [0.25, 0.3) is 0 Å². The Kier molecular flexibility index (Phi) is 59.9. The van der Waals surface area contributed by atoms with E-state index in [-0.39, 0.29) is 31.1 Å². The summed E-state index contributed by atoms with van der Waals surface area (Å²) in [6, 6.07) is 0. The fraction of sp³-hybridized carbons (Fsp3) is 0.671. The van der Waals surface area contributed by atoms with Gasteiger partial charge in [-0.05, 0) is 116 Å². The number of hydrogen-bond acceptors (Lipinski definition) is 6. The predicted octanol–water partition coefficient (Wildman–Crippen LogP) is 21.6. The zero-order valence-corrected chi connectivity index (χ0v) is 49.5. The van der Waals surface area contributed by atoms with E-state index in [1.807, 2.05) is 0 Å². The fourth-order valence-electron chi connectivity index (χ4n) is 8.49. The molecule has 0 N–H and O–H groups in total. The molecular formula is C70H116O6. The molecule has 0 aliphatic rings. The highest BCUT2D eigenvalue weighted by molar-refractivity contribution is 5.71. The minimum Gasteiger partial charge on any atom is -0.462 e. The molecule has 0 radical (unpaired) electrons. The van der Waals surface area contributed by atoms with Gasteiger partial charge in [-0.25, -0.2) is 0 Å². The van der Waals surface area contributed by atoms with Crippen LogP contribution in [0.15, 0.2) is 122 Å². The lowest BCUT2D eigenvalue weighted by Crippen LogP contribution is -2.30. The van der Waals surface area contributed by atoms with Gasteiger partial charge in [-0.1, -0.05) is 271 Å². The minimum absolute atomic E-state index is 0.0878. The zero-order valence-electron chi connectivity index (χ0n) is 49.5. The first-order chi connectivity index (χ1) is 37.5. The molecule has 0 bridgehead atoms. The number of ether oxygens (including phenoxy) is 3. The Morgan fingerprint density at radius 2 is 0.513 bits per heavy atom. The van der Waals surface area contributed by atoms with Crippen molar-refractivity contribution in [3.63, 3.8) is 0 Å². The highest BCUT2D eigenvalue weighted by Crippen LogP contribution is 2.15. The first-order valence-corrected chi connectivity index (χ1v) is 31.5. The van der Waals surface area contributed by atoms with Gasteiger partial charge in [0, 0.05) is 19.3 Å². The Balaban J connectivity index is 4.19. The molecule has 0 aromatic rings. The molecule has 0 saturated carbocycles. The fourth-order valence-corrected chi connectivity index (χ4v) is 8.49. The molecule has 0 rings (SSSR count). The highest BCUT2D eigenvalue weighted by Gasteiger charge is 2.19. The molecule has 76 heavy (non-hydrogen) atoms. The second-order valence-corrected chi connectivity index (χ2v) is 20.6. The van der Waals surface area contributed by atoms with E-state index < -0.39 is 6.10 Å². The SMILES string of the molecule is CC/C=C\C/C=C\C/C=C\C/C=C\C/C=C\C/C=C\C/C=C\CCCCCCCC(=O)OCC(COC(=O)CCCCCCCC)OC(=O)CCCCCCCCCCCC/C=C\C/C=C\C/C=C\CCCCCCC. The number of rotatable bonds is 56. The van der Waals surface area contributed by atoms with Crippen molar-refractivity contribution in [1.82, 2.24) is 0 Å². The summed E-state index contributed by atoms with van der Waals surface area (Å²) in [5, 5.41) is 0. The third kappa shape index (κ3) is 60.7. The van der Waals surface area contributed by atoms with Crippen LogP contribution in [0.2, 0.25) is 0 Å². The largest absolute Gasteiger partial charge is 0.462 e. The maximum absolute atomic E-state index is 12.8. The summed E-state index contributed by atoms with van der Waals surface area (Å²) in [4.78, 5) is 38.0. The minimum atomic E-state index is -0.789. The van der Waals surface area contributed by atoms with Gasteiger partial charge in [0.25, 0.3) is 0 Å². The van der Waals surface area contributed by atoms with Gasteiger partial charge in [0.2, 0.25) is 0 Å². The molecule has 0 aromatic carbocycles. The monoisotopic (exact) mass is 1050 g/mol. The Morgan fingerprint density at radius 3 is 0.803 bits per heavy atom. The van der Waals surface area contributed by atoms with Crippen LogP contribution in [0.4, 0.5) is 0 Å². The Bertz CT molecular complexity index is 1590. The molecule has 0 aliphatic carbocycles. The summed E-state index contributed by atoms with van der Waals surface area (Å²) < 4.78 is 16.8. The van der Waals surface area contributed by atoms with Gasteiger partial charge in [0.1, 0.15) is 13.2 Å². The van der Waals surface area contributed by atoms with E-state index in [1.165, 1.54) is 109 Å². The summed E-state index contributed by atoms with van der Waals surface area (Å²) in [6.07, 6.45) is 88.0. The van der Waals surface area contributed by atoms with E-state index in [2.05, 4.69) is 142 Å². The first-order valence-electron chi connectivity index (χ1n) is 31.5. The molecule has 0 heterocycles. The average Bonchev–Trinajstić information content (AvgIpc) is 3.42. The van der Waals surface area contributed by atoms with E-state index in [0.29, 0.717) is 19.3 Å². The molecule has 0 aromatic heterocycles. The molecule has 0 saturated heterocycles. The van der Waals surface area contributed by atoms with Gasteiger partial charge in [0.15, 0.2) is 6.10 Å². The number of carbonyl (C=O) groups excluding carboxylic acids is 3. The Hall–Kier alpha value is -4.19. The van der Waals surface area contributed by atoms with Crippen LogP contribution in [-0.2, 0) is 28.6 Å². The van der Waals surface area contributed by atoms with Crippen LogP contribution in [0.1, 0.15) is 284 Å². The summed E-state index contributed by atoms with van der Waals surface area (Å²) in [6.45, 7) is 6.44. The third-order valence-electron chi connectivity index (χ3n) is 13.2. The van der Waals surface area contributed by atoms with Gasteiger partial charge in [-0.2, -0.15) is 0 Å². The van der Waals surface area contributed by atoms with E-state index >= 15 is 0 Å². The number of carbonyl (C=O) groups is 3. The molecule has 0 fully saturated rings. The van der Waals surface area contributed by atoms with Gasteiger partial charge in [-0.15, -0.1) is 0 Å². The molecule has 1 atom stereocenters. The van der Waals surface area contributed by atoms with Crippen molar-refractivity contribution in [3.8, 4) is 0 Å². The van der Waals surface area contributed by atoms with Gasteiger partial charge < -0.3 is 14.2 Å². The van der Waals surface area contributed by atoms with Crippen LogP contribution in [0.5, 0.6) is 0 Å². The molecular weight excluding hydrogens is 937 g/mol. The van der Waals surface area contributed by atoms with Crippen molar-refractivity contribution in [1.29, 1.82) is 0 Å². The number of esters is 3. The second kappa shape index (κ2) is 63.3. The predicted molar refractivity (Wildman–Crippen MR) is 330 cm³/mol. The van der Waals surface area contributed by atoms with Crippen LogP contribution < -0.4 is 0 Å². The molecule has 6 heteroatoms. The summed E-state index contributed by atoms with van der Waals surface area (Å²) in [5.41, 5.74) is 0. The van der Waals surface area contributed by atoms with Crippen molar-refractivity contribution in [3.05, 3.63) is 122 Å². The topological polar surface area (TPSA) is 78.9 Å². The zero-order chi connectivity index (χ0) is 55.0. The van der Waals surface area contributed by atoms with Crippen molar-refractivity contribution in [2.45, 2.75) is 290 Å². The summed E-state index contributed by atoms with van der Waals surface area (Å²) in [7, 11) is 0.